The van der Waals surface area contributed by atoms with Crippen molar-refractivity contribution in [3.8, 4) is 10.7 Å². The molecule has 2 aromatic heterocycles. The van der Waals surface area contributed by atoms with Gasteiger partial charge in [0.25, 0.3) is 5.69 Å². The zero-order valence-electron chi connectivity index (χ0n) is 13.9. The van der Waals surface area contributed by atoms with Gasteiger partial charge >= 0.3 is 0 Å². The van der Waals surface area contributed by atoms with E-state index >= 15 is 0 Å². The van der Waals surface area contributed by atoms with Crippen LogP contribution in [0.15, 0.2) is 54.1 Å². The number of primary amides is 1. The number of nitro groups is 1. The van der Waals surface area contributed by atoms with E-state index in [-0.39, 0.29) is 5.69 Å². The number of carbonyl (C=O) groups is 1. The first-order valence-corrected chi connectivity index (χ1v) is 8.83. The molecule has 0 fully saturated rings. The maximum absolute atomic E-state index is 12.1. The van der Waals surface area contributed by atoms with Crippen molar-refractivity contribution in [1.82, 2.24) is 14.8 Å². The van der Waals surface area contributed by atoms with Crippen LogP contribution in [-0.2, 0) is 4.79 Å². The maximum Gasteiger partial charge on any atom is 0.269 e. The topological polar surface area (TPSA) is 129 Å². The van der Waals surface area contributed by atoms with Crippen molar-refractivity contribution in [2.45, 2.75) is 6.04 Å². The van der Waals surface area contributed by atoms with Gasteiger partial charge < -0.3 is 11.1 Å². The number of anilines is 1. The number of hydrogen-bond donors (Lipinski definition) is 2. The number of benzene rings is 1. The van der Waals surface area contributed by atoms with Gasteiger partial charge in [-0.3, -0.25) is 14.9 Å². The molecule has 0 saturated carbocycles. The predicted octanol–water partition coefficient (Wildman–Crippen LogP) is 2.54. The van der Waals surface area contributed by atoms with Gasteiger partial charge in [0.05, 0.1) is 15.8 Å². The van der Waals surface area contributed by atoms with E-state index in [0.717, 1.165) is 4.88 Å². The molecule has 0 saturated heterocycles. The van der Waals surface area contributed by atoms with E-state index in [1.165, 1.54) is 28.2 Å². The summed E-state index contributed by atoms with van der Waals surface area (Å²) < 4.78 is 1.54. The van der Waals surface area contributed by atoms with E-state index in [2.05, 4.69) is 22.0 Å². The molecule has 0 bridgehead atoms. The van der Waals surface area contributed by atoms with Gasteiger partial charge in [0.15, 0.2) is 5.82 Å². The molecule has 0 unspecified atom stereocenters. The van der Waals surface area contributed by atoms with Crippen LogP contribution in [0.5, 0.6) is 0 Å². The van der Waals surface area contributed by atoms with Crippen molar-refractivity contribution in [2.75, 3.05) is 5.32 Å². The van der Waals surface area contributed by atoms with Crippen molar-refractivity contribution >= 4 is 28.9 Å². The number of carbonyl (C=O) groups excluding carboxylic acids is 1. The number of non-ortho nitro benzene ring substituents is 1. The lowest BCUT2D eigenvalue weighted by Crippen LogP contribution is -2.40. The second kappa shape index (κ2) is 6.32. The summed E-state index contributed by atoms with van der Waals surface area (Å²) in [7, 11) is 0. The van der Waals surface area contributed by atoms with E-state index < -0.39 is 22.8 Å². The Morgan fingerprint density at radius 2 is 2.19 bits per heavy atom. The predicted molar refractivity (Wildman–Crippen MR) is 100 cm³/mol. The molecule has 1 aliphatic heterocycles. The van der Waals surface area contributed by atoms with Crippen LogP contribution in [0, 0.1) is 16.0 Å². The summed E-state index contributed by atoms with van der Waals surface area (Å²) in [6, 6.07) is 9.14. The normalized spacial score (nSPS) is 18.6. The minimum Gasteiger partial charge on any atom is -0.369 e. The second-order valence-electron chi connectivity index (χ2n) is 6.01. The Bertz CT molecular complexity index is 1060. The van der Waals surface area contributed by atoms with Gasteiger partial charge in [-0.15, -0.1) is 16.4 Å². The molecule has 136 valence electrons. The molecule has 3 aromatic rings. The molecule has 10 heteroatoms. The number of nitrogens with zero attached hydrogens (tertiary/aromatic N) is 4. The fourth-order valence-corrected chi connectivity index (χ4v) is 3.80. The third kappa shape index (κ3) is 2.85. The first kappa shape index (κ1) is 16.9. The quantitative estimate of drug-likeness (QED) is 0.527. The summed E-state index contributed by atoms with van der Waals surface area (Å²) in [4.78, 5) is 28.2. The second-order valence-corrected chi connectivity index (χ2v) is 6.96. The smallest absolute Gasteiger partial charge is 0.269 e. The highest BCUT2D eigenvalue weighted by Crippen LogP contribution is 2.39. The number of fused-ring (bicyclic) bond motifs is 1. The summed E-state index contributed by atoms with van der Waals surface area (Å²) >= 11 is 1.48. The highest BCUT2D eigenvalue weighted by Gasteiger charge is 2.39. The van der Waals surface area contributed by atoms with Gasteiger partial charge in [-0.1, -0.05) is 24.8 Å². The van der Waals surface area contributed by atoms with E-state index in [4.69, 9.17) is 5.73 Å². The summed E-state index contributed by atoms with van der Waals surface area (Å²) in [6.07, 6.45) is 0. The lowest BCUT2D eigenvalue weighted by molar-refractivity contribution is -0.384. The number of amides is 1. The molecule has 2 atom stereocenters. The molecule has 0 radical (unpaired) electrons. The van der Waals surface area contributed by atoms with E-state index in [9.17, 15) is 14.9 Å². The van der Waals surface area contributed by atoms with Crippen LogP contribution in [0.25, 0.3) is 10.7 Å². The Hall–Kier alpha value is -3.53. The molecule has 3 N–H and O–H groups in total. The Morgan fingerprint density at radius 3 is 2.85 bits per heavy atom. The third-order valence-electron chi connectivity index (χ3n) is 4.33. The molecule has 27 heavy (non-hydrogen) atoms. The molecule has 0 spiro atoms. The summed E-state index contributed by atoms with van der Waals surface area (Å²) in [6.45, 7) is 3.90. The van der Waals surface area contributed by atoms with E-state index in [0.29, 0.717) is 23.0 Å². The maximum atomic E-state index is 12.1. The standard InChI is InChI=1S/C17H14N6O3S/c1-9-13(15(18)24)14(10-4-2-5-11(8-10)23(25)26)22-17(19-9)20-16(21-22)12-6-3-7-27-12/h2-8,13-14H,1H2,(H2,18,24)(H,19,20,21)/t13-,14+/m1/s1. The molecular weight excluding hydrogens is 368 g/mol. The first-order chi connectivity index (χ1) is 13.0. The van der Waals surface area contributed by atoms with Crippen molar-refractivity contribution in [3.05, 3.63) is 69.7 Å². The molecule has 0 aliphatic carbocycles. The lowest BCUT2D eigenvalue weighted by Gasteiger charge is -2.32. The van der Waals surface area contributed by atoms with Crippen molar-refractivity contribution < 1.29 is 9.72 Å². The number of rotatable bonds is 4. The fourth-order valence-electron chi connectivity index (χ4n) is 3.15. The zero-order chi connectivity index (χ0) is 19.1. The summed E-state index contributed by atoms with van der Waals surface area (Å²) in [5.74, 6) is -0.557. The van der Waals surface area contributed by atoms with Crippen LogP contribution in [0.1, 0.15) is 11.6 Å². The van der Waals surface area contributed by atoms with Gasteiger partial charge in [0.1, 0.15) is 5.92 Å². The van der Waals surface area contributed by atoms with E-state index in [1.807, 2.05) is 17.5 Å². The Labute approximate surface area is 157 Å². The molecule has 3 heterocycles. The van der Waals surface area contributed by atoms with Crippen LogP contribution in [0.2, 0.25) is 0 Å². The average Bonchev–Trinajstić information content (AvgIpc) is 3.29. The fraction of sp³-hybridized carbons (Fsp3) is 0.118. The van der Waals surface area contributed by atoms with Gasteiger partial charge in [-0.2, -0.15) is 4.98 Å². The largest absolute Gasteiger partial charge is 0.369 e. The summed E-state index contributed by atoms with van der Waals surface area (Å²) in [5, 5.41) is 20.6. The van der Waals surface area contributed by atoms with E-state index in [1.54, 1.807) is 12.1 Å². The number of nitrogens with two attached hydrogens (primary N) is 1. The molecule has 1 aliphatic rings. The molecule has 1 amide bonds. The van der Waals surface area contributed by atoms with Gasteiger partial charge in [0, 0.05) is 17.8 Å². The molecular formula is C17H14N6O3S. The SMILES string of the molecule is C=C1Nc2nc(-c3cccs3)nn2[C@@H](c2cccc([N+](=O)[O-])c2)[C@@H]1C(N)=O. The van der Waals surface area contributed by atoms with Crippen LogP contribution < -0.4 is 11.1 Å². The molecule has 1 aromatic carbocycles. The van der Waals surface area contributed by atoms with Crippen LogP contribution >= 0.6 is 11.3 Å². The molecule has 4 rings (SSSR count). The number of thiophene rings is 1. The third-order valence-corrected chi connectivity index (χ3v) is 5.19. The minimum atomic E-state index is -0.836. The monoisotopic (exact) mass is 382 g/mol. The highest BCUT2D eigenvalue weighted by molar-refractivity contribution is 7.13. The van der Waals surface area contributed by atoms with Crippen molar-refractivity contribution in [2.24, 2.45) is 11.7 Å². The van der Waals surface area contributed by atoms with Crippen LogP contribution in [0.4, 0.5) is 11.6 Å². The number of hydrogen-bond acceptors (Lipinski definition) is 7. The first-order valence-electron chi connectivity index (χ1n) is 7.95. The molecule has 9 nitrogen and oxygen atoms in total. The minimum absolute atomic E-state index is 0.0833. The van der Waals surface area contributed by atoms with Gasteiger partial charge in [-0.05, 0) is 17.0 Å². The summed E-state index contributed by atoms with van der Waals surface area (Å²) in [5.41, 5.74) is 6.42. The highest BCUT2D eigenvalue weighted by atomic mass is 32.1. The van der Waals surface area contributed by atoms with Crippen LogP contribution in [-0.4, -0.2) is 25.6 Å². The van der Waals surface area contributed by atoms with Crippen molar-refractivity contribution in [3.63, 3.8) is 0 Å². The number of aromatic nitrogens is 3. The average molecular weight is 382 g/mol. The Balaban J connectivity index is 1.89. The van der Waals surface area contributed by atoms with Gasteiger partial charge in [-0.25, -0.2) is 4.68 Å². The number of nitro benzene ring substituents is 1. The van der Waals surface area contributed by atoms with Crippen LogP contribution in [0.3, 0.4) is 0 Å². The zero-order valence-corrected chi connectivity index (χ0v) is 14.7. The van der Waals surface area contributed by atoms with Crippen molar-refractivity contribution in [1.29, 1.82) is 0 Å². The Kier molecular flexibility index (Phi) is 3.96. The lowest BCUT2D eigenvalue weighted by atomic mass is 9.88. The van der Waals surface area contributed by atoms with Gasteiger partial charge in [0.2, 0.25) is 11.9 Å². The Morgan fingerprint density at radius 1 is 1.37 bits per heavy atom. The number of nitrogens with one attached hydrogen (secondary N) is 1.